The quantitative estimate of drug-likeness (QED) is 0.799. The Bertz CT molecular complexity index is 1120. The normalized spacial score (nSPS) is 21.9. The van der Waals surface area contributed by atoms with Gasteiger partial charge in [0.1, 0.15) is 5.82 Å². The predicted molar refractivity (Wildman–Crippen MR) is 104 cm³/mol. The van der Waals surface area contributed by atoms with Crippen LogP contribution in [0.25, 0.3) is 11.1 Å². The molecular formula is C21H20FN3O3S. The number of nitrogens with one attached hydrogen (secondary N) is 1. The van der Waals surface area contributed by atoms with Crippen LogP contribution in [0.2, 0.25) is 0 Å². The van der Waals surface area contributed by atoms with Gasteiger partial charge in [-0.05, 0) is 56.9 Å². The number of nitriles is 2. The first-order valence-electron chi connectivity index (χ1n) is 9.14. The Balaban J connectivity index is 1.86. The van der Waals surface area contributed by atoms with Crippen molar-refractivity contribution < 1.29 is 17.9 Å². The topological polar surface area (TPSA) is 114 Å². The van der Waals surface area contributed by atoms with Crippen LogP contribution in [0.3, 0.4) is 0 Å². The van der Waals surface area contributed by atoms with Crippen molar-refractivity contribution in [2.75, 3.05) is 0 Å². The van der Waals surface area contributed by atoms with Gasteiger partial charge in [0.05, 0.1) is 33.8 Å². The molecule has 0 unspecified atom stereocenters. The van der Waals surface area contributed by atoms with Gasteiger partial charge in [-0.15, -0.1) is 0 Å². The average Bonchev–Trinajstić information content (AvgIpc) is 2.69. The highest BCUT2D eigenvalue weighted by Gasteiger charge is 2.31. The summed E-state index contributed by atoms with van der Waals surface area (Å²) in [6.45, 7) is 1.73. The largest absolute Gasteiger partial charge is 0.390 e. The molecule has 3 rings (SSSR count). The molecule has 1 aliphatic rings. The van der Waals surface area contributed by atoms with Crippen molar-refractivity contribution in [3.63, 3.8) is 0 Å². The van der Waals surface area contributed by atoms with E-state index in [9.17, 15) is 23.2 Å². The Morgan fingerprint density at radius 2 is 1.76 bits per heavy atom. The molecule has 8 heteroatoms. The molecule has 2 aromatic rings. The molecule has 0 bridgehead atoms. The molecule has 1 fully saturated rings. The Kier molecular flexibility index (Phi) is 5.72. The van der Waals surface area contributed by atoms with Gasteiger partial charge in [-0.3, -0.25) is 0 Å². The highest BCUT2D eigenvalue weighted by Crippen LogP contribution is 2.30. The van der Waals surface area contributed by atoms with Crippen molar-refractivity contribution in [3.05, 3.63) is 53.3 Å². The molecule has 0 atom stereocenters. The monoisotopic (exact) mass is 413 g/mol. The molecule has 0 aromatic heterocycles. The fourth-order valence-corrected chi connectivity index (χ4v) is 4.78. The summed E-state index contributed by atoms with van der Waals surface area (Å²) in [5.74, 6) is -0.777. The van der Waals surface area contributed by atoms with Crippen LogP contribution in [0.1, 0.15) is 43.7 Å². The van der Waals surface area contributed by atoms with Crippen LogP contribution in [0.5, 0.6) is 0 Å². The molecule has 1 saturated carbocycles. The minimum Gasteiger partial charge on any atom is -0.390 e. The SMILES string of the molecule is CC1(O)CCC(NS(=O)(=O)c2ccc(-c3ccc(C#N)cc3C#N)c(F)c2)CC1. The molecule has 150 valence electrons. The third kappa shape index (κ3) is 4.63. The zero-order valence-corrected chi connectivity index (χ0v) is 16.6. The molecule has 0 aliphatic heterocycles. The summed E-state index contributed by atoms with van der Waals surface area (Å²) >= 11 is 0. The van der Waals surface area contributed by atoms with Gasteiger partial charge in [-0.2, -0.15) is 10.5 Å². The third-order valence-electron chi connectivity index (χ3n) is 5.19. The maximum Gasteiger partial charge on any atom is 0.240 e. The molecule has 1 aliphatic carbocycles. The summed E-state index contributed by atoms with van der Waals surface area (Å²) in [6.07, 6.45) is 1.99. The zero-order chi connectivity index (χ0) is 21.2. The molecule has 0 radical (unpaired) electrons. The summed E-state index contributed by atoms with van der Waals surface area (Å²) in [5.41, 5.74) is -0.00414. The van der Waals surface area contributed by atoms with Crippen LogP contribution in [0.4, 0.5) is 4.39 Å². The second-order valence-corrected chi connectivity index (χ2v) is 9.23. The van der Waals surface area contributed by atoms with E-state index in [1.54, 1.807) is 6.92 Å². The van der Waals surface area contributed by atoms with Crippen LogP contribution in [0.15, 0.2) is 41.3 Å². The summed E-state index contributed by atoms with van der Waals surface area (Å²) in [7, 11) is -3.92. The number of benzene rings is 2. The number of sulfonamides is 1. The van der Waals surface area contributed by atoms with Crippen LogP contribution in [-0.4, -0.2) is 25.2 Å². The number of nitrogens with zero attached hydrogens (tertiary/aromatic N) is 2. The highest BCUT2D eigenvalue weighted by atomic mass is 32.2. The Morgan fingerprint density at radius 3 is 2.34 bits per heavy atom. The van der Waals surface area contributed by atoms with Crippen molar-refractivity contribution in [1.82, 2.24) is 4.72 Å². The lowest BCUT2D eigenvalue weighted by atomic mass is 9.84. The van der Waals surface area contributed by atoms with E-state index in [4.69, 9.17) is 5.26 Å². The Hall–Kier alpha value is -2.78. The van der Waals surface area contributed by atoms with Gasteiger partial charge in [-0.25, -0.2) is 17.5 Å². The second kappa shape index (κ2) is 7.92. The number of rotatable bonds is 4. The molecular weight excluding hydrogens is 393 g/mol. The summed E-state index contributed by atoms with van der Waals surface area (Å²) in [5, 5.41) is 28.2. The Morgan fingerprint density at radius 1 is 1.10 bits per heavy atom. The van der Waals surface area contributed by atoms with E-state index in [0.29, 0.717) is 25.7 Å². The van der Waals surface area contributed by atoms with Crippen molar-refractivity contribution >= 4 is 10.0 Å². The van der Waals surface area contributed by atoms with Crippen molar-refractivity contribution in [2.45, 2.75) is 49.1 Å². The second-order valence-electron chi connectivity index (χ2n) is 7.52. The van der Waals surface area contributed by atoms with Gasteiger partial charge < -0.3 is 5.11 Å². The lowest BCUT2D eigenvalue weighted by Crippen LogP contribution is -2.42. The fraction of sp³-hybridized carbons (Fsp3) is 0.333. The van der Waals surface area contributed by atoms with Crippen molar-refractivity contribution in [3.8, 4) is 23.3 Å². The summed E-state index contributed by atoms with van der Waals surface area (Å²) < 4.78 is 42.6. The third-order valence-corrected chi connectivity index (χ3v) is 6.71. The maximum atomic E-state index is 14.7. The van der Waals surface area contributed by atoms with E-state index in [-0.39, 0.29) is 33.2 Å². The highest BCUT2D eigenvalue weighted by molar-refractivity contribution is 7.89. The van der Waals surface area contributed by atoms with Gasteiger partial charge in [0, 0.05) is 17.2 Å². The van der Waals surface area contributed by atoms with Gasteiger partial charge in [0.2, 0.25) is 10.0 Å². The first-order chi connectivity index (χ1) is 13.6. The lowest BCUT2D eigenvalue weighted by Gasteiger charge is -2.33. The molecule has 0 amide bonds. The van der Waals surface area contributed by atoms with Crippen LogP contribution >= 0.6 is 0 Å². The van der Waals surface area contributed by atoms with E-state index < -0.39 is 21.4 Å². The molecule has 2 aromatic carbocycles. The Labute approximate surface area is 169 Å². The number of hydrogen-bond acceptors (Lipinski definition) is 5. The molecule has 0 heterocycles. The van der Waals surface area contributed by atoms with Gasteiger partial charge in [-0.1, -0.05) is 12.1 Å². The summed E-state index contributed by atoms with van der Waals surface area (Å²) in [6, 6.07) is 11.4. The number of aliphatic hydroxyl groups is 1. The van der Waals surface area contributed by atoms with Crippen molar-refractivity contribution in [1.29, 1.82) is 10.5 Å². The minimum atomic E-state index is -3.92. The number of halogens is 1. The van der Waals surface area contributed by atoms with E-state index in [2.05, 4.69) is 4.72 Å². The van der Waals surface area contributed by atoms with E-state index in [1.807, 2.05) is 12.1 Å². The lowest BCUT2D eigenvalue weighted by molar-refractivity contribution is 0.0163. The molecule has 2 N–H and O–H groups in total. The maximum absolute atomic E-state index is 14.7. The van der Waals surface area contributed by atoms with Crippen molar-refractivity contribution in [2.24, 2.45) is 0 Å². The molecule has 6 nitrogen and oxygen atoms in total. The first kappa shape index (κ1) is 20.9. The smallest absolute Gasteiger partial charge is 0.240 e. The molecule has 29 heavy (non-hydrogen) atoms. The molecule has 0 spiro atoms. The predicted octanol–water partition coefficient (Wildman–Crippen LogP) is 3.21. The molecule has 0 saturated heterocycles. The van der Waals surface area contributed by atoms with Crippen LogP contribution < -0.4 is 4.72 Å². The van der Waals surface area contributed by atoms with Gasteiger partial charge in [0.15, 0.2) is 0 Å². The number of hydrogen-bond donors (Lipinski definition) is 2. The fourth-order valence-electron chi connectivity index (χ4n) is 3.47. The first-order valence-corrected chi connectivity index (χ1v) is 10.6. The van der Waals surface area contributed by atoms with E-state index in [0.717, 1.165) is 6.07 Å². The van der Waals surface area contributed by atoms with E-state index in [1.165, 1.54) is 30.3 Å². The standard InChI is InChI=1S/C21H20FN3O3S/c1-21(26)8-6-16(7-9-21)25-29(27,28)17-3-5-19(20(22)11-17)18-4-2-14(12-23)10-15(18)13-24/h2-5,10-11,16,25-26H,6-9H2,1H3. The van der Waals surface area contributed by atoms with Gasteiger partial charge in [0.25, 0.3) is 0 Å². The zero-order valence-electron chi connectivity index (χ0n) is 15.8. The minimum absolute atomic E-state index is 0.0821. The van der Waals surface area contributed by atoms with E-state index >= 15 is 0 Å². The van der Waals surface area contributed by atoms with Crippen LogP contribution in [0, 0.1) is 28.5 Å². The van der Waals surface area contributed by atoms with Crippen LogP contribution in [-0.2, 0) is 10.0 Å². The summed E-state index contributed by atoms with van der Waals surface area (Å²) in [4.78, 5) is -0.205. The average molecular weight is 413 g/mol. The van der Waals surface area contributed by atoms with Gasteiger partial charge >= 0.3 is 0 Å².